The Morgan fingerprint density at radius 2 is 2.00 bits per heavy atom. The van der Waals surface area contributed by atoms with Crippen molar-refractivity contribution < 1.29 is 9.59 Å². The zero-order valence-corrected chi connectivity index (χ0v) is 12.5. The zero-order valence-electron chi connectivity index (χ0n) is 12.5. The highest BCUT2D eigenvalue weighted by atomic mass is 16.2. The van der Waals surface area contributed by atoms with Crippen LogP contribution in [0.1, 0.15) is 29.8 Å². The molecule has 0 heterocycles. The molecular weight excluding hydrogens is 254 g/mol. The first-order valence-electron chi connectivity index (χ1n) is 6.83. The maximum atomic E-state index is 12.0. The molecule has 0 radical (unpaired) electrons. The Hall–Kier alpha value is -1.88. The summed E-state index contributed by atoms with van der Waals surface area (Å²) in [5, 5.41) is 8.59. The van der Waals surface area contributed by atoms with Gasteiger partial charge in [-0.2, -0.15) is 0 Å². The second kappa shape index (κ2) is 7.65. The quantitative estimate of drug-likeness (QED) is 0.738. The van der Waals surface area contributed by atoms with Gasteiger partial charge in [0.05, 0.1) is 0 Å². The monoisotopic (exact) mass is 277 g/mol. The third-order valence-electron chi connectivity index (χ3n) is 3.05. The van der Waals surface area contributed by atoms with Crippen molar-refractivity contribution in [2.24, 2.45) is 5.92 Å². The minimum absolute atomic E-state index is 0.0597. The number of benzene rings is 1. The van der Waals surface area contributed by atoms with Crippen LogP contribution in [0.2, 0.25) is 0 Å². The standard InChI is InChI=1S/C15H23N3O2/c1-5-17-15(20)12-7-6-10(2)13(8-12)18-14(19)11(3)9-16-4/h6-8,11,16H,5,9H2,1-4H3,(H,17,20)(H,18,19). The molecule has 0 saturated heterocycles. The smallest absolute Gasteiger partial charge is 0.251 e. The predicted octanol–water partition coefficient (Wildman–Crippen LogP) is 1.54. The summed E-state index contributed by atoms with van der Waals surface area (Å²) in [6.45, 7) is 6.82. The summed E-state index contributed by atoms with van der Waals surface area (Å²) in [7, 11) is 1.81. The molecular formula is C15H23N3O2. The SMILES string of the molecule is CCNC(=O)c1ccc(C)c(NC(=O)C(C)CNC)c1. The number of nitrogens with one attached hydrogen (secondary N) is 3. The molecule has 1 unspecified atom stereocenters. The van der Waals surface area contributed by atoms with Gasteiger partial charge < -0.3 is 16.0 Å². The molecule has 0 aromatic heterocycles. The van der Waals surface area contributed by atoms with E-state index in [1.807, 2.05) is 33.9 Å². The number of hydrogen-bond acceptors (Lipinski definition) is 3. The molecule has 1 atom stereocenters. The number of amides is 2. The van der Waals surface area contributed by atoms with Gasteiger partial charge in [0.25, 0.3) is 5.91 Å². The Balaban J connectivity index is 2.86. The minimum atomic E-state index is -0.133. The third kappa shape index (κ3) is 4.35. The summed E-state index contributed by atoms with van der Waals surface area (Å²) < 4.78 is 0. The molecule has 3 N–H and O–H groups in total. The minimum Gasteiger partial charge on any atom is -0.352 e. The molecule has 5 heteroatoms. The summed E-state index contributed by atoms with van der Waals surface area (Å²) in [5.74, 6) is -0.325. The van der Waals surface area contributed by atoms with E-state index in [2.05, 4.69) is 16.0 Å². The van der Waals surface area contributed by atoms with Crippen LogP contribution in [-0.4, -0.2) is 32.0 Å². The molecule has 1 aromatic rings. The van der Waals surface area contributed by atoms with Crippen molar-refractivity contribution in [1.82, 2.24) is 10.6 Å². The van der Waals surface area contributed by atoms with Crippen molar-refractivity contribution in [3.8, 4) is 0 Å². The van der Waals surface area contributed by atoms with Crippen LogP contribution < -0.4 is 16.0 Å². The lowest BCUT2D eigenvalue weighted by Gasteiger charge is -2.14. The van der Waals surface area contributed by atoms with Gasteiger partial charge in [0, 0.05) is 30.3 Å². The number of carbonyl (C=O) groups is 2. The number of rotatable bonds is 6. The van der Waals surface area contributed by atoms with E-state index < -0.39 is 0 Å². The maximum absolute atomic E-state index is 12.0. The largest absolute Gasteiger partial charge is 0.352 e. The van der Waals surface area contributed by atoms with Crippen LogP contribution in [-0.2, 0) is 4.79 Å². The van der Waals surface area contributed by atoms with Gasteiger partial charge in [-0.15, -0.1) is 0 Å². The second-order valence-electron chi connectivity index (χ2n) is 4.84. The van der Waals surface area contributed by atoms with Crippen LogP contribution in [0.15, 0.2) is 18.2 Å². The van der Waals surface area contributed by atoms with Gasteiger partial charge in [-0.05, 0) is 38.6 Å². The topological polar surface area (TPSA) is 70.2 Å². The summed E-state index contributed by atoms with van der Waals surface area (Å²) in [5.41, 5.74) is 2.17. The third-order valence-corrected chi connectivity index (χ3v) is 3.05. The van der Waals surface area contributed by atoms with E-state index >= 15 is 0 Å². The normalized spacial score (nSPS) is 11.8. The molecule has 0 aliphatic heterocycles. The lowest BCUT2D eigenvalue weighted by atomic mass is 10.1. The molecule has 0 aliphatic carbocycles. The predicted molar refractivity (Wildman–Crippen MR) is 80.9 cm³/mol. The fourth-order valence-electron chi connectivity index (χ4n) is 1.82. The van der Waals surface area contributed by atoms with Crippen molar-refractivity contribution >= 4 is 17.5 Å². The Labute approximate surface area is 120 Å². The Morgan fingerprint density at radius 3 is 2.60 bits per heavy atom. The van der Waals surface area contributed by atoms with E-state index in [4.69, 9.17) is 0 Å². The Kier molecular flexibility index (Phi) is 6.18. The highest BCUT2D eigenvalue weighted by Gasteiger charge is 2.14. The van der Waals surface area contributed by atoms with E-state index in [1.54, 1.807) is 12.1 Å². The average molecular weight is 277 g/mol. The first-order chi connectivity index (χ1) is 9.49. The van der Waals surface area contributed by atoms with Crippen LogP contribution in [0.5, 0.6) is 0 Å². The molecule has 1 aromatic carbocycles. The van der Waals surface area contributed by atoms with Crippen LogP contribution >= 0.6 is 0 Å². The number of anilines is 1. The van der Waals surface area contributed by atoms with Gasteiger partial charge in [-0.3, -0.25) is 9.59 Å². The van der Waals surface area contributed by atoms with Crippen molar-refractivity contribution in [1.29, 1.82) is 0 Å². The highest BCUT2D eigenvalue weighted by molar-refractivity contribution is 5.98. The van der Waals surface area contributed by atoms with E-state index in [-0.39, 0.29) is 17.7 Å². The van der Waals surface area contributed by atoms with E-state index in [0.29, 0.717) is 24.3 Å². The van der Waals surface area contributed by atoms with Crippen LogP contribution in [0.3, 0.4) is 0 Å². The Bertz CT molecular complexity index is 486. The van der Waals surface area contributed by atoms with Gasteiger partial charge in [0.15, 0.2) is 0 Å². The number of carbonyl (C=O) groups excluding carboxylic acids is 2. The van der Waals surface area contributed by atoms with Gasteiger partial charge in [0.2, 0.25) is 5.91 Å². The van der Waals surface area contributed by atoms with E-state index in [9.17, 15) is 9.59 Å². The van der Waals surface area contributed by atoms with E-state index in [0.717, 1.165) is 5.56 Å². The van der Waals surface area contributed by atoms with Crippen LogP contribution in [0.4, 0.5) is 5.69 Å². The van der Waals surface area contributed by atoms with E-state index in [1.165, 1.54) is 0 Å². The molecule has 0 saturated carbocycles. The lowest BCUT2D eigenvalue weighted by Crippen LogP contribution is -2.29. The van der Waals surface area contributed by atoms with Gasteiger partial charge >= 0.3 is 0 Å². The van der Waals surface area contributed by atoms with Gasteiger partial charge in [0.1, 0.15) is 0 Å². The zero-order chi connectivity index (χ0) is 15.1. The summed E-state index contributed by atoms with van der Waals surface area (Å²) in [4.78, 5) is 23.8. The second-order valence-corrected chi connectivity index (χ2v) is 4.84. The molecule has 5 nitrogen and oxygen atoms in total. The van der Waals surface area contributed by atoms with Crippen LogP contribution in [0, 0.1) is 12.8 Å². The summed E-state index contributed by atoms with van der Waals surface area (Å²) in [6, 6.07) is 5.31. The van der Waals surface area contributed by atoms with Crippen LogP contribution in [0.25, 0.3) is 0 Å². The molecule has 0 fully saturated rings. The first-order valence-corrected chi connectivity index (χ1v) is 6.83. The van der Waals surface area contributed by atoms with Crippen molar-refractivity contribution in [3.63, 3.8) is 0 Å². The lowest BCUT2D eigenvalue weighted by molar-refractivity contribution is -0.119. The molecule has 0 spiro atoms. The fourth-order valence-corrected chi connectivity index (χ4v) is 1.82. The van der Waals surface area contributed by atoms with Gasteiger partial charge in [-0.1, -0.05) is 13.0 Å². The maximum Gasteiger partial charge on any atom is 0.251 e. The number of aryl methyl sites for hydroxylation is 1. The molecule has 2 amide bonds. The molecule has 110 valence electrons. The first kappa shape index (κ1) is 16.2. The van der Waals surface area contributed by atoms with Crippen molar-refractivity contribution in [2.45, 2.75) is 20.8 Å². The Morgan fingerprint density at radius 1 is 1.30 bits per heavy atom. The summed E-state index contributed by atoms with van der Waals surface area (Å²) >= 11 is 0. The molecule has 1 rings (SSSR count). The molecule has 0 aliphatic rings. The van der Waals surface area contributed by atoms with Crippen molar-refractivity contribution in [3.05, 3.63) is 29.3 Å². The molecule has 20 heavy (non-hydrogen) atoms. The average Bonchev–Trinajstić information content (AvgIpc) is 2.41. The highest BCUT2D eigenvalue weighted by Crippen LogP contribution is 2.17. The van der Waals surface area contributed by atoms with Gasteiger partial charge in [-0.25, -0.2) is 0 Å². The summed E-state index contributed by atoms with van der Waals surface area (Å²) in [6.07, 6.45) is 0. The number of hydrogen-bond donors (Lipinski definition) is 3. The fraction of sp³-hybridized carbons (Fsp3) is 0.467. The molecule has 0 bridgehead atoms. The van der Waals surface area contributed by atoms with Crippen molar-refractivity contribution in [2.75, 3.05) is 25.5 Å².